The summed E-state index contributed by atoms with van der Waals surface area (Å²) in [5.41, 5.74) is 0.0412. The van der Waals surface area contributed by atoms with Crippen molar-refractivity contribution in [3.63, 3.8) is 0 Å². The minimum atomic E-state index is -0.661. The van der Waals surface area contributed by atoms with Crippen LogP contribution in [0.1, 0.15) is 40.5 Å². The van der Waals surface area contributed by atoms with Crippen LogP contribution in [0.3, 0.4) is 0 Å². The Morgan fingerprint density at radius 2 is 1.68 bits per heavy atom. The van der Waals surface area contributed by atoms with E-state index in [1.54, 1.807) is 0 Å². The van der Waals surface area contributed by atoms with Gasteiger partial charge >= 0.3 is 0 Å². The van der Waals surface area contributed by atoms with Gasteiger partial charge in [0, 0.05) is 19.2 Å². The summed E-state index contributed by atoms with van der Waals surface area (Å²) in [4.78, 5) is 3.97. The fourth-order valence-electron chi connectivity index (χ4n) is 1.41. The van der Waals surface area contributed by atoms with E-state index in [1.807, 2.05) is 6.92 Å². The Bertz CT molecular complexity index is 419. The zero-order valence-corrected chi connectivity index (χ0v) is 12.1. The van der Waals surface area contributed by atoms with Crippen LogP contribution in [0, 0.1) is 17.0 Å². The summed E-state index contributed by atoms with van der Waals surface area (Å²) in [6.45, 7) is 9.40. The van der Waals surface area contributed by atoms with Crippen molar-refractivity contribution >= 4 is 11.6 Å². The summed E-state index contributed by atoms with van der Waals surface area (Å²) in [6, 6.07) is 0.867. The predicted octanol–water partition coefficient (Wildman–Crippen LogP) is 4.03. The number of nitrogens with one attached hydrogen (secondary N) is 2. The van der Waals surface area contributed by atoms with Crippen molar-refractivity contribution in [3.8, 4) is 0 Å². The Morgan fingerprint density at radius 3 is 2.21 bits per heavy atom. The summed E-state index contributed by atoms with van der Waals surface area (Å²) in [7, 11) is 0. The van der Waals surface area contributed by atoms with Gasteiger partial charge in [-0.1, -0.05) is 27.7 Å². The lowest BCUT2D eigenvalue weighted by Gasteiger charge is -2.23. The van der Waals surface area contributed by atoms with Crippen LogP contribution in [0.25, 0.3) is 0 Å². The highest BCUT2D eigenvalue weighted by Crippen LogP contribution is 2.23. The zero-order chi connectivity index (χ0) is 14.5. The Morgan fingerprint density at radius 1 is 1.11 bits per heavy atom. The molecule has 0 amide bonds. The number of hydrogen-bond donors (Lipinski definition) is 2. The fraction of sp³-hybridized carbons (Fsp3) is 0.643. The molecule has 0 aliphatic carbocycles. The van der Waals surface area contributed by atoms with Gasteiger partial charge in [0.05, 0.1) is 0 Å². The molecule has 1 aromatic heterocycles. The van der Waals surface area contributed by atoms with Crippen molar-refractivity contribution in [1.29, 1.82) is 0 Å². The molecule has 0 radical (unpaired) electrons. The van der Waals surface area contributed by atoms with E-state index in [2.05, 4.69) is 36.4 Å². The molecule has 3 nitrogen and oxygen atoms in total. The Kier molecular flexibility index (Phi) is 5.51. The van der Waals surface area contributed by atoms with Gasteiger partial charge in [0.15, 0.2) is 23.3 Å². The van der Waals surface area contributed by atoms with Crippen molar-refractivity contribution in [2.75, 3.05) is 23.7 Å². The summed E-state index contributed by atoms with van der Waals surface area (Å²) >= 11 is 0. The number of anilines is 2. The van der Waals surface area contributed by atoms with Crippen molar-refractivity contribution < 1.29 is 8.78 Å². The SMILES string of the molecule is CCCNc1nc(NCC(C)(C)CC)c(F)cc1F. The standard InChI is InChI=1S/C14H23F2N3/c1-5-7-17-12-10(15)8-11(16)13(19-12)18-9-14(3,4)6-2/h8H,5-7,9H2,1-4H3,(H2,17,18,19). The monoisotopic (exact) mass is 271 g/mol. The molecule has 0 aliphatic rings. The van der Waals surface area contributed by atoms with Gasteiger partial charge in [-0.2, -0.15) is 0 Å². The molecule has 5 heteroatoms. The highest BCUT2D eigenvalue weighted by molar-refractivity contribution is 5.47. The van der Waals surface area contributed by atoms with Crippen LogP contribution in [0.5, 0.6) is 0 Å². The van der Waals surface area contributed by atoms with Crippen LogP contribution in [-0.4, -0.2) is 18.1 Å². The van der Waals surface area contributed by atoms with Gasteiger partial charge in [0.25, 0.3) is 0 Å². The summed E-state index contributed by atoms with van der Waals surface area (Å²) in [5, 5.41) is 5.80. The molecule has 108 valence electrons. The molecule has 0 aromatic carbocycles. The molecular formula is C14H23F2N3. The average molecular weight is 271 g/mol. The van der Waals surface area contributed by atoms with Gasteiger partial charge < -0.3 is 10.6 Å². The topological polar surface area (TPSA) is 37.0 Å². The van der Waals surface area contributed by atoms with Crippen molar-refractivity contribution in [2.24, 2.45) is 5.41 Å². The highest BCUT2D eigenvalue weighted by Gasteiger charge is 2.17. The van der Waals surface area contributed by atoms with Gasteiger partial charge in [-0.15, -0.1) is 0 Å². The van der Waals surface area contributed by atoms with Crippen LogP contribution in [0.2, 0.25) is 0 Å². The van der Waals surface area contributed by atoms with Crippen molar-refractivity contribution in [3.05, 3.63) is 17.7 Å². The first-order valence-electron chi connectivity index (χ1n) is 6.73. The first-order chi connectivity index (χ1) is 8.89. The lowest BCUT2D eigenvalue weighted by molar-refractivity contribution is 0.375. The quantitative estimate of drug-likeness (QED) is 0.786. The maximum absolute atomic E-state index is 13.6. The lowest BCUT2D eigenvalue weighted by atomic mass is 9.90. The second-order valence-electron chi connectivity index (χ2n) is 5.45. The lowest BCUT2D eigenvalue weighted by Crippen LogP contribution is -2.23. The summed E-state index contributed by atoms with van der Waals surface area (Å²) in [6.07, 6.45) is 1.81. The molecule has 0 saturated carbocycles. The number of aromatic nitrogens is 1. The number of hydrogen-bond acceptors (Lipinski definition) is 3. The Hall–Kier alpha value is -1.39. The molecular weight excluding hydrogens is 248 g/mol. The van der Waals surface area contributed by atoms with E-state index in [1.165, 1.54) is 0 Å². The molecule has 0 aliphatic heterocycles. The fourth-order valence-corrected chi connectivity index (χ4v) is 1.41. The molecule has 19 heavy (non-hydrogen) atoms. The van der Waals surface area contributed by atoms with Crippen LogP contribution < -0.4 is 10.6 Å². The average Bonchev–Trinajstić information content (AvgIpc) is 2.36. The van der Waals surface area contributed by atoms with Gasteiger partial charge in [-0.25, -0.2) is 13.8 Å². The molecule has 2 N–H and O–H groups in total. The number of halogens is 2. The van der Waals surface area contributed by atoms with E-state index < -0.39 is 11.6 Å². The van der Waals surface area contributed by atoms with E-state index in [0.29, 0.717) is 13.1 Å². The van der Waals surface area contributed by atoms with E-state index in [9.17, 15) is 8.78 Å². The summed E-state index contributed by atoms with van der Waals surface area (Å²) in [5.74, 6) is -1.13. The van der Waals surface area contributed by atoms with Crippen molar-refractivity contribution in [1.82, 2.24) is 4.98 Å². The molecule has 0 bridgehead atoms. The Labute approximate surface area is 113 Å². The first-order valence-corrected chi connectivity index (χ1v) is 6.73. The third-order valence-corrected chi connectivity index (χ3v) is 3.16. The molecule has 0 unspecified atom stereocenters. The zero-order valence-electron chi connectivity index (χ0n) is 12.1. The maximum Gasteiger partial charge on any atom is 0.168 e. The van der Waals surface area contributed by atoms with Crippen LogP contribution >= 0.6 is 0 Å². The van der Waals surface area contributed by atoms with E-state index in [4.69, 9.17) is 0 Å². The second kappa shape index (κ2) is 6.68. The van der Waals surface area contributed by atoms with Crippen LogP contribution in [0.4, 0.5) is 20.4 Å². The van der Waals surface area contributed by atoms with Gasteiger partial charge in [0.1, 0.15) is 0 Å². The molecule has 0 atom stereocenters. The summed E-state index contributed by atoms with van der Waals surface area (Å²) < 4.78 is 27.1. The molecule has 0 saturated heterocycles. The van der Waals surface area contributed by atoms with Gasteiger partial charge in [-0.3, -0.25) is 0 Å². The third kappa shape index (κ3) is 4.65. The van der Waals surface area contributed by atoms with E-state index >= 15 is 0 Å². The third-order valence-electron chi connectivity index (χ3n) is 3.16. The molecule has 0 fully saturated rings. The van der Waals surface area contributed by atoms with Gasteiger partial charge in [-0.05, 0) is 18.3 Å². The number of nitrogens with zero attached hydrogens (tertiary/aromatic N) is 1. The Balaban J connectivity index is 2.82. The molecule has 1 rings (SSSR count). The number of rotatable bonds is 7. The predicted molar refractivity (Wildman–Crippen MR) is 75.5 cm³/mol. The van der Waals surface area contributed by atoms with E-state index in [0.717, 1.165) is 18.9 Å². The smallest absolute Gasteiger partial charge is 0.168 e. The minimum absolute atomic E-state index is 0.0412. The number of pyridine rings is 1. The largest absolute Gasteiger partial charge is 0.368 e. The maximum atomic E-state index is 13.6. The second-order valence-corrected chi connectivity index (χ2v) is 5.45. The van der Waals surface area contributed by atoms with E-state index in [-0.39, 0.29) is 17.1 Å². The molecule has 0 spiro atoms. The molecule has 1 aromatic rings. The minimum Gasteiger partial charge on any atom is -0.368 e. The van der Waals surface area contributed by atoms with Crippen LogP contribution in [0.15, 0.2) is 6.07 Å². The van der Waals surface area contributed by atoms with Gasteiger partial charge in [0.2, 0.25) is 0 Å². The normalized spacial score (nSPS) is 11.5. The van der Waals surface area contributed by atoms with Crippen LogP contribution in [-0.2, 0) is 0 Å². The highest BCUT2D eigenvalue weighted by atomic mass is 19.1. The molecule has 1 heterocycles. The first kappa shape index (κ1) is 15.7. The van der Waals surface area contributed by atoms with Crippen molar-refractivity contribution in [2.45, 2.75) is 40.5 Å².